The molecule has 0 radical (unpaired) electrons. The van der Waals surface area contributed by atoms with Crippen molar-refractivity contribution in [3.63, 3.8) is 0 Å². The van der Waals surface area contributed by atoms with Crippen LogP contribution in [0.5, 0.6) is 5.75 Å². The van der Waals surface area contributed by atoms with E-state index in [2.05, 4.69) is 4.98 Å². The Hall–Kier alpha value is -2.53. The average Bonchev–Trinajstić information content (AvgIpc) is 3.11. The molecule has 4 rings (SSSR count). The second-order valence-electron chi connectivity index (χ2n) is 6.78. The van der Waals surface area contributed by atoms with Crippen LogP contribution in [0.15, 0.2) is 52.9 Å². The lowest BCUT2D eigenvalue weighted by atomic mass is 10.0. The highest BCUT2D eigenvalue weighted by atomic mass is 35.5. The predicted octanol–water partition coefficient (Wildman–Crippen LogP) is 5.00. The molecule has 1 saturated heterocycles. The second-order valence-corrected chi connectivity index (χ2v) is 7.22. The maximum Gasteiger partial charge on any atom is 0.264 e. The lowest BCUT2D eigenvalue weighted by Crippen LogP contribution is -2.45. The molecule has 6 heteroatoms. The van der Waals surface area contributed by atoms with Crippen molar-refractivity contribution in [1.82, 2.24) is 9.88 Å². The summed E-state index contributed by atoms with van der Waals surface area (Å²) in [6.45, 7) is 2.44. The molecule has 1 aliphatic rings. The summed E-state index contributed by atoms with van der Waals surface area (Å²) in [4.78, 5) is 19.5. The third kappa shape index (κ3) is 3.78. The lowest BCUT2D eigenvalue weighted by Gasteiger charge is -2.35. The van der Waals surface area contributed by atoms with Crippen LogP contribution in [0.25, 0.3) is 11.1 Å². The quantitative estimate of drug-likeness (QED) is 0.635. The molecular formula is C21H21ClN2O3. The molecule has 1 aromatic heterocycles. The molecule has 5 nitrogen and oxygen atoms in total. The number of carbonyl (C=O) groups excluding carboxylic acids is 1. The van der Waals surface area contributed by atoms with E-state index in [4.69, 9.17) is 20.8 Å². The Balaban J connectivity index is 1.55. The summed E-state index contributed by atoms with van der Waals surface area (Å²) in [5, 5.41) is 0.578. The number of fused-ring (bicyclic) bond motifs is 1. The number of piperidine rings is 1. The Bertz CT molecular complexity index is 922. The molecule has 3 aromatic rings. The van der Waals surface area contributed by atoms with Gasteiger partial charge in [0.1, 0.15) is 17.3 Å². The van der Waals surface area contributed by atoms with Crippen molar-refractivity contribution < 1.29 is 13.9 Å². The normalized spacial score (nSPS) is 18.4. The van der Waals surface area contributed by atoms with E-state index in [9.17, 15) is 4.79 Å². The molecule has 0 unspecified atom stereocenters. The Labute approximate surface area is 162 Å². The van der Waals surface area contributed by atoms with Crippen LogP contribution in [-0.2, 0) is 4.79 Å². The average molecular weight is 385 g/mol. The fourth-order valence-electron chi connectivity index (χ4n) is 3.51. The van der Waals surface area contributed by atoms with E-state index in [0.717, 1.165) is 30.4 Å². The monoisotopic (exact) mass is 384 g/mol. The Morgan fingerprint density at radius 3 is 2.93 bits per heavy atom. The highest BCUT2D eigenvalue weighted by Crippen LogP contribution is 2.33. The molecular weight excluding hydrogens is 364 g/mol. The number of aromatic nitrogens is 1. The zero-order valence-electron chi connectivity index (χ0n) is 15.1. The van der Waals surface area contributed by atoms with Crippen molar-refractivity contribution in [1.29, 1.82) is 0 Å². The largest absolute Gasteiger partial charge is 0.481 e. The Morgan fingerprint density at radius 1 is 1.26 bits per heavy atom. The van der Waals surface area contributed by atoms with E-state index >= 15 is 0 Å². The Kier molecular flexibility index (Phi) is 5.03. The highest BCUT2D eigenvalue weighted by molar-refractivity contribution is 6.30. The summed E-state index contributed by atoms with van der Waals surface area (Å²) >= 11 is 6.00. The topological polar surface area (TPSA) is 55.6 Å². The SMILES string of the molecule is C[C@@H](Oc1cccc(Cl)c1)C(=O)N1CCCC[C@@H]1c1nc2ccccc2o1. The first kappa shape index (κ1) is 17.9. The summed E-state index contributed by atoms with van der Waals surface area (Å²) in [6, 6.07) is 14.6. The molecule has 0 aliphatic carbocycles. The highest BCUT2D eigenvalue weighted by Gasteiger charge is 2.34. The molecule has 0 bridgehead atoms. The number of hydrogen-bond donors (Lipinski definition) is 0. The van der Waals surface area contributed by atoms with E-state index in [1.54, 1.807) is 31.2 Å². The number of oxazole rings is 1. The standard InChI is InChI=1S/C21H21ClN2O3/c1-14(26-16-8-6-7-15(22)13-16)21(25)24-12-5-4-10-18(24)20-23-17-9-2-3-11-19(17)27-20/h2-3,6-9,11,13-14,18H,4-5,10,12H2,1H3/t14-,18-/m1/s1. The number of ether oxygens (including phenoxy) is 1. The number of likely N-dealkylation sites (tertiary alicyclic amines) is 1. The van der Waals surface area contributed by atoms with Crippen LogP contribution in [0.2, 0.25) is 5.02 Å². The van der Waals surface area contributed by atoms with Crippen molar-refractivity contribution in [2.45, 2.75) is 38.3 Å². The smallest absolute Gasteiger partial charge is 0.264 e. The first-order valence-corrected chi connectivity index (χ1v) is 9.58. The van der Waals surface area contributed by atoms with Gasteiger partial charge >= 0.3 is 0 Å². The van der Waals surface area contributed by atoms with E-state index < -0.39 is 6.10 Å². The number of carbonyl (C=O) groups is 1. The summed E-state index contributed by atoms with van der Waals surface area (Å²) in [5.41, 5.74) is 1.56. The van der Waals surface area contributed by atoms with Crippen LogP contribution in [0.1, 0.15) is 38.1 Å². The molecule has 140 valence electrons. The van der Waals surface area contributed by atoms with Crippen LogP contribution in [-0.4, -0.2) is 28.4 Å². The molecule has 27 heavy (non-hydrogen) atoms. The van der Waals surface area contributed by atoms with Gasteiger partial charge in [-0.3, -0.25) is 4.79 Å². The molecule has 1 amide bonds. The van der Waals surface area contributed by atoms with Crippen molar-refractivity contribution in [2.75, 3.05) is 6.54 Å². The number of amides is 1. The zero-order valence-corrected chi connectivity index (χ0v) is 15.9. The van der Waals surface area contributed by atoms with Gasteiger partial charge in [0.15, 0.2) is 11.7 Å². The zero-order chi connectivity index (χ0) is 18.8. The van der Waals surface area contributed by atoms with E-state index in [1.165, 1.54) is 0 Å². The first-order valence-electron chi connectivity index (χ1n) is 9.20. The van der Waals surface area contributed by atoms with Gasteiger partial charge in [-0.2, -0.15) is 0 Å². The second kappa shape index (κ2) is 7.61. The molecule has 2 aromatic carbocycles. The maximum atomic E-state index is 13.1. The fraction of sp³-hybridized carbons (Fsp3) is 0.333. The van der Waals surface area contributed by atoms with Gasteiger partial charge in [0.25, 0.3) is 5.91 Å². The third-order valence-electron chi connectivity index (χ3n) is 4.84. The van der Waals surface area contributed by atoms with Crippen LogP contribution >= 0.6 is 11.6 Å². The van der Waals surface area contributed by atoms with E-state index in [1.807, 2.05) is 29.2 Å². The minimum Gasteiger partial charge on any atom is -0.481 e. The predicted molar refractivity (Wildman–Crippen MR) is 104 cm³/mol. The third-order valence-corrected chi connectivity index (χ3v) is 5.07. The number of benzene rings is 2. The van der Waals surface area contributed by atoms with Crippen molar-refractivity contribution in [3.05, 3.63) is 59.4 Å². The van der Waals surface area contributed by atoms with Gasteiger partial charge in [-0.15, -0.1) is 0 Å². The molecule has 2 atom stereocenters. The van der Waals surface area contributed by atoms with Gasteiger partial charge in [0.2, 0.25) is 5.89 Å². The van der Waals surface area contributed by atoms with Gasteiger partial charge in [0.05, 0.1) is 0 Å². The van der Waals surface area contributed by atoms with Crippen molar-refractivity contribution in [3.8, 4) is 5.75 Å². The van der Waals surface area contributed by atoms with Crippen LogP contribution < -0.4 is 4.74 Å². The number of hydrogen-bond acceptors (Lipinski definition) is 4. The molecule has 0 saturated carbocycles. The van der Waals surface area contributed by atoms with Gasteiger partial charge in [-0.1, -0.05) is 29.8 Å². The number of para-hydroxylation sites is 2. The fourth-order valence-corrected chi connectivity index (χ4v) is 3.69. The molecule has 1 aliphatic heterocycles. The van der Waals surface area contributed by atoms with Crippen LogP contribution in [0.3, 0.4) is 0 Å². The van der Waals surface area contributed by atoms with Gasteiger partial charge < -0.3 is 14.1 Å². The number of rotatable bonds is 4. The van der Waals surface area contributed by atoms with E-state index in [0.29, 0.717) is 23.2 Å². The van der Waals surface area contributed by atoms with E-state index in [-0.39, 0.29) is 11.9 Å². The van der Waals surface area contributed by atoms with Gasteiger partial charge in [-0.25, -0.2) is 4.98 Å². The minimum absolute atomic E-state index is 0.0677. The van der Waals surface area contributed by atoms with Gasteiger partial charge in [0, 0.05) is 11.6 Å². The summed E-state index contributed by atoms with van der Waals surface area (Å²) < 4.78 is 11.8. The molecule has 1 fully saturated rings. The lowest BCUT2D eigenvalue weighted by molar-refractivity contribution is -0.142. The molecule has 0 spiro atoms. The van der Waals surface area contributed by atoms with Crippen LogP contribution in [0, 0.1) is 0 Å². The number of halogens is 1. The maximum absolute atomic E-state index is 13.1. The first-order chi connectivity index (χ1) is 13.1. The molecule has 2 heterocycles. The summed E-state index contributed by atoms with van der Waals surface area (Å²) in [5.74, 6) is 1.11. The van der Waals surface area contributed by atoms with Crippen LogP contribution in [0.4, 0.5) is 0 Å². The minimum atomic E-state index is -0.617. The molecule has 0 N–H and O–H groups in total. The van der Waals surface area contributed by atoms with Gasteiger partial charge in [-0.05, 0) is 56.5 Å². The summed E-state index contributed by atoms with van der Waals surface area (Å²) in [7, 11) is 0. The van der Waals surface area contributed by atoms with Crippen molar-refractivity contribution in [2.24, 2.45) is 0 Å². The number of nitrogens with zero attached hydrogens (tertiary/aromatic N) is 2. The Morgan fingerprint density at radius 2 is 2.11 bits per heavy atom. The summed E-state index contributed by atoms with van der Waals surface area (Å²) in [6.07, 6.45) is 2.22. The van der Waals surface area contributed by atoms with Crippen molar-refractivity contribution >= 4 is 28.6 Å².